The van der Waals surface area contributed by atoms with Crippen molar-refractivity contribution in [2.24, 2.45) is 5.16 Å². The second kappa shape index (κ2) is 11.1. The molecule has 3 aromatic rings. The molecule has 3 aromatic carbocycles. The normalized spacial score (nSPS) is 16.4. The highest BCUT2D eigenvalue weighted by Crippen LogP contribution is 2.21. The maximum atomic E-state index is 10.8. The van der Waals surface area contributed by atoms with Crippen molar-refractivity contribution in [3.05, 3.63) is 101 Å². The third-order valence-corrected chi connectivity index (χ3v) is 5.89. The number of para-hydroxylation sites is 1. The first kappa shape index (κ1) is 23.0. The summed E-state index contributed by atoms with van der Waals surface area (Å²) in [7, 11) is 0. The Hall–Kier alpha value is -3.15. The van der Waals surface area contributed by atoms with Crippen LogP contribution in [-0.4, -0.2) is 47.6 Å². The van der Waals surface area contributed by atoms with Crippen LogP contribution < -0.4 is 4.74 Å². The monoisotopic (exact) mass is 444 g/mol. The number of ether oxygens (including phenoxy) is 1. The molecule has 0 aromatic heterocycles. The summed E-state index contributed by atoms with van der Waals surface area (Å²) < 4.78 is 5.88. The van der Waals surface area contributed by atoms with Gasteiger partial charge in [0.15, 0.2) is 0 Å². The fourth-order valence-corrected chi connectivity index (χ4v) is 4.17. The summed E-state index contributed by atoms with van der Waals surface area (Å²) in [6.07, 6.45) is 0.0886. The molecule has 5 heteroatoms. The van der Waals surface area contributed by atoms with Gasteiger partial charge in [0.25, 0.3) is 0 Å². The quantitative estimate of drug-likeness (QED) is 0.491. The van der Waals surface area contributed by atoms with Crippen LogP contribution in [0.25, 0.3) is 0 Å². The molecule has 1 heterocycles. The molecular weight excluding hydrogens is 412 g/mol. The van der Waals surface area contributed by atoms with Gasteiger partial charge in [-0.25, -0.2) is 0 Å². The first-order valence-electron chi connectivity index (χ1n) is 11.5. The molecule has 2 atom stereocenters. The van der Waals surface area contributed by atoms with E-state index in [1.54, 1.807) is 0 Å². The largest absolute Gasteiger partial charge is 0.491 e. The van der Waals surface area contributed by atoms with E-state index in [1.165, 1.54) is 11.1 Å². The van der Waals surface area contributed by atoms with Gasteiger partial charge in [-0.05, 0) is 36.6 Å². The van der Waals surface area contributed by atoms with Crippen molar-refractivity contribution in [1.82, 2.24) is 4.90 Å². The number of aliphatic hydroxyl groups is 1. The fraction of sp³-hybridized carbons (Fsp3) is 0.321. The van der Waals surface area contributed by atoms with Crippen LogP contribution in [0, 0.1) is 13.8 Å². The van der Waals surface area contributed by atoms with E-state index in [0.29, 0.717) is 13.1 Å². The lowest BCUT2D eigenvalue weighted by Gasteiger charge is -2.27. The highest BCUT2D eigenvalue weighted by molar-refractivity contribution is 6.02. The van der Waals surface area contributed by atoms with Gasteiger partial charge >= 0.3 is 0 Å². The molecule has 1 aliphatic rings. The Balaban J connectivity index is 1.37. The molecule has 0 saturated carbocycles. The number of hydrogen-bond donors (Lipinski definition) is 1. The molecule has 0 bridgehead atoms. The van der Waals surface area contributed by atoms with Gasteiger partial charge in [-0.1, -0.05) is 78.0 Å². The SMILES string of the molecule is Cc1ccccc1OC[C@@H](O)CN(Cc1ccccc1)C[C@@H]1CC(c2ccccc2C)=NO1. The van der Waals surface area contributed by atoms with E-state index in [4.69, 9.17) is 9.57 Å². The number of nitrogens with zero attached hydrogens (tertiary/aromatic N) is 2. The zero-order valence-corrected chi connectivity index (χ0v) is 19.4. The van der Waals surface area contributed by atoms with Gasteiger partial charge in [0, 0.05) is 31.6 Å². The van der Waals surface area contributed by atoms with Crippen LogP contribution in [0.4, 0.5) is 0 Å². The molecule has 0 fully saturated rings. The van der Waals surface area contributed by atoms with Gasteiger partial charge < -0.3 is 14.7 Å². The Morgan fingerprint density at radius 1 is 0.970 bits per heavy atom. The summed E-state index contributed by atoms with van der Waals surface area (Å²) in [5.41, 5.74) is 5.58. The molecular formula is C28H32N2O3. The van der Waals surface area contributed by atoms with Crippen molar-refractivity contribution in [3.63, 3.8) is 0 Å². The summed E-state index contributed by atoms with van der Waals surface area (Å²) in [6.45, 7) is 6.23. The van der Waals surface area contributed by atoms with Crippen molar-refractivity contribution in [1.29, 1.82) is 0 Å². The Labute approximate surface area is 196 Å². The van der Waals surface area contributed by atoms with Gasteiger partial charge in [0.1, 0.15) is 24.6 Å². The summed E-state index contributed by atoms with van der Waals surface area (Å²) in [4.78, 5) is 8.03. The molecule has 33 heavy (non-hydrogen) atoms. The first-order chi connectivity index (χ1) is 16.1. The van der Waals surface area contributed by atoms with Gasteiger partial charge in [0.05, 0.1) is 5.71 Å². The van der Waals surface area contributed by atoms with Crippen molar-refractivity contribution >= 4 is 5.71 Å². The van der Waals surface area contributed by atoms with Crippen LogP contribution in [0.2, 0.25) is 0 Å². The fourth-order valence-electron chi connectivity index (χ4n) is 4.17. The number of hydrogen-bond acceptors (Lipinski definition) is 5. The number of oxime groups is 1. The highest BCUT2D eigenvalue weighted by atomic mass is 16.6. The molecule has 172 valence electrons. The highest BCUT2D eigenvalue weighted by Gasteiger charge is 2.26. The van der Waals surface area contributed by atoms with Crippen LogP contribution >= 0.6 is 0 Å². The van der Waals surface area contributed by atoms with Crippen LogP contribution in [0.3, 0.4) is 0 Å². The first-order valence-corrected chi connectivity index (χ1v) is 11.5. The molecule has 0 amide bonds. The number of rotatable bonds is 10. The molecule has 5 nitrogen and oxygen atoms in total. The Morgan fingerprint density at radius 3 is 2.42 bits per heavy atom. The van der Waals surface area contributed by atoms with E-state index in [2.05, 4.69) is 41.2 Å². The Morgan fingerprint density at radius 2 is 1.67 bits per heavy atom. The van der Waals surface area contributed by atoms with E-state index in [9.17, 15) is 5.11 Å². The van der Waals surface area contributed by atoms with Gasteiger partial charge in [0.2, 0.25) is 0 Å². The average Bonchev–Trinajstić information content (AvgIpc) is 3.27. The molecule has 0 radical (unpaired) electrons. The second-order valence-electron chi connectivity index (χ2n) is 8.69. The number of aliphatic hydroxyl groups excluding tert-OH is 1. The lowest BCUT2D eigenvalue weighted by molar-refractivity contribution is 0.0212. The molecule has 0 unspecified atom stereocenters. The third kappa shape index (κ3) is 6.44. The average molecular weight is 445 g/mol. The molecule has 4 rings (SSSR count). The van der Waals surface area contributed by atoms with E-state index >= 15 is 0 Å². The van der Waals surface area contributed by atoms with Gasteiger partial charge in [-0.3, -0.25) is 4.90 Å². The van der Waals surface area contributed by atoms with Crippen molar-refractivity contribution in [2.75, 3.05) is 19.7 Å². The molecule has 0 saturated heterocycles. The van der Waals surface area contributed by atoms with Crippen LogP contribution in [-0.2, 0) is 11.4 Å². The molecule has 1 aliphatic heterocycles. The number of benzene rings is 3. The van der Waals surface area contributed by atoms with Gasteiger partial charge in [-0.15, -0.1) is 0 Å². The maximum Gasteiger partial charge on any atom is 0.145 e. The Bertz CT molecular complexity index is 1070. The van der Waals surface area contributed by atoms with Crippen LogP contribution in [0.5, 0.6) is 5.75 Å². The number of aryl methyl sites for hydroxylation is 2. The van der Waals surface area contributed by atoms with Crippen LogP contribution in [0.15, 0.2) is 84.0 Å². The Kier molecular flexibility index (Phi) is 7.76. The van der Waals surface area contributed by atoms with Gasteiger partial charge in [-0.2, -0.15) is 0 Å². The standard InChI is InChI=1S/C28H32N2O3/c1-21-10-6-8-14-26(21)27-16-25(33-29-27)19-30(17-23-12-4-3-5-13-23)18-24(31)20-32-28-15-9-7-11-22(28)2/h3-15,24-25,31H,16-20H2,1-2H3/t24-,25-/m0/s1. The summed E-state index contributed by atoms with van der Waals surface area (Å²) in [6, 6.07) is 26.4. The summed E-state index contributed by atoms with van der Waals surface area (Å²) in [5.74, 6) is 0.807. The predicted molar refractivity (Wildman–Crippen MR) is 132 cm³/mol. The minimum absolute atomic E-state index is 0.0483. The lowest BCUT2D eigenvalue weighted by Crippen LogP contribution is -2.39. The lowest BCUT2D eigenvalue weighted by atomic mass is 10.00. The zero-order chi connectivity index (χ0) is 23.0. The molecule has 0 aliphatic carbocycles. The zero-order valence-electron chi connectivity index (χ0n) is 19.4. The molecule has 0 spiro atoms. The minimum atomic E-state index is -0.619. The van der Waals surface area contributed by atoms with Crippen LogP contribution in [0.1, 0.15) is 28.7 Å². The van der Waals surface area contributed by atoms with Crippen molar-refractivity contribution in [2.45, 2.75) is 39.0 Å². The molecule has 1 N–H and O–H groups in total. The third-order valence-electron chi connectivity index (χ3n) is 5.89. The van der Waals surface area contributed by atoms with Crippen molar-refractivity contribution in [3.8, 4) is 5.75 Å². The maximum absolute atomic E-state index is 10.8. The van der Waals surface area contributed by atoms with E-state index < -0.39 is 6.10 Å². The second-order valence-corrected chi connectivity index (χ2v) is 8.69. The predicted octanol–water partition coefficient (Wildman–Crippen LogP) is 4.74. The summed E-state index contributed by atoms with van der Waals surface area (Å²) >= 11 is 0. The van der Waals surface area contributed by atoms with Crippen molar-refractivity contribution < 1.29 is 14.7 Å². The smallest absolute Gasteiger partial charge is 0.145 e. The minimum Gasteiger partial charge on any atom is -0.491 e. The summed E-state index contributed by atoms with van der Waals surface area (Å²) in [5, 5.41) is 15.1. The topological polar surface area (TPSA) is 54.3 Å². The van der Waals surface area contributed by atoms with E-state index in [-0.39, 0.29) is 12.7 Å². The van der Waals surface area contributed by atoms with E-state index in [0.717, 1.165) is 35.6 Å². The van der Waals surface area contributed by atoms with E-state index in [1.807, 2.05) is 61.5 Å².